The van der Waals surface area contributed by atoms with E-state index in [2.05, 4.69) is 0 Å². The minimum absolute atomic E-state index is 0.0875. The third kappa shape index (κ3) is 3.51. The molecule has 2 aromatic carbocycles. The van der Waals surface area contributed by atoms with Gasteiger partial charge in [-0.15, -0.1) is 0 Å². The normalized spacial score (nSPS) is 24.8. The van der Waals surface area contributed by atoms with Gasteiger partial charge in [0.2, 0.25) is 0 Å². The van der Waals surface area contributed by atoms with E-state index in [0.717, 1.165) is 19.4 Å². The Labute approximate surface area is 160 Å². The second-order valence-corrected chi connectivity index (χ2v) is 9.59. The molecule has 2 fully saturated rings. The summed E-state index contributed by atoms with van der Waals surface area (Å²) in [5, 5.41) is 0. The molecule has 0 spiro atoms. The van der Waals surface area contributed by atoms with E-state index in [-0.39, 0.29) is 22.6 Å². The monoisotopic (exact) mass is 384 g/mol. The van der Waals surface area contributed by atoms with Gasteiger partial charge in [-0.1, -0.05) is 36.4 Å². The molecule has 1 saturated heterocycles. The number of nitrogens with zero attached hydrogens (tertiary/aromatic N) is 1. The second kappa shape index (κ2) is 7.09. The number of sulfone groups is 1. The molecule has 0 radical (unpaired) electrons. The van der Waals surface area contributed by atoms with Crippen molar-refractivity contribution in [3.63, 3.8) is 0 Å². The Kier molecular flexibility index (Phi) is 4.78. The van der Waals surface area contributed by atoms with Gasteiger partial charge in [0.1, 0.15) is 0 Å². The lowest BCUT2D eigenvalue weighted by Gasteiger charge is -2.20. The molecule has 1 aliphatic heterocycles. The summed E-state index contributed by atoms with van der Waals surface area (Å²) in [6.45, 7) is 1.39. The summed E-state index contributed by atoms with van der Waals surface area (Å²) in [5.41, 5.74) is 7.21. The first-order valence-electron chi connectivity index (χ1n) is 9.36. The van der Waals surface area contributed by atoms with Gasteiger partial charge in [-0.05, 0) is 48.4 Å². The van der Waals surface area contributed by atoms with E-state index >= 15 is 0 Å². The standard InChI is InChI=1S/C21H24N2O3S/c22-20-11-10-15-12-23(13-19(15)20)21(24)18-9-5-4-6-16(18)14-27(25,26)17-7-2-1-3-8-17/h1-9,15,19-20H,10-14,22H2. The Morgan fingerprint density at radius 3 is 2.44 bits per heavy atom. The average Bonchev–Trinajstić information content (AvgIpc) is 3.24. The van der Waals surface area contributed by atoms with Crippen LogP contribution in [0.4, 0.5) is 0 Å². The van der Waals surface area contributed by atoms with Crippen LogP contribution in [0.25, 0.3) is 0 Å². The predicted molar refractivity (Wildman–Crippen MR) is 104 cm³/mol. The van der Waals surface area contributed by atoms with E-state index in [1.165, 1.54) is 0 Å². The van der Waals surface area contributed by atoms with E-state index in [4.69, 9.17) is 5.73 Å². The fourth-order valence-corrected chi connectivity index (χ4v) is 5.81. The number of benzene rings is 2. The Morgan fingerprint density at radius 1 is 1.00 bits per heavy atom. The van der Waals surface area contributed by atoms with Crippen LogP contribution in [-0.2, 0) is 15.6 Å². The Morgan fingerprint density at radius 2 is 1.70 bits per heavy atom. The summed E-state index contributed by atoms with van der Waals surface area (Å²) in [5.74, 6) is 0.577. The molecule has 0 aromatic heterocycles. The minimum Gasteiger partial charge on any atom is -0.338 e. The first-order chi connectivity index (χ1) is 13.0. The summed E-state index contributed by atoms with van der Waals surface area (Å²) >= 11 is 0. The van der Waals surface area contributed by atoms with Crippen molar-refractivity contribution >= 4 is 15.7 Å². The molecule has 1 heterocycles. The third-order valence-electron chi connectivity index (χ3n) is 5.90. The second-order valence-electron chi connectivity index (χ2n) is 7.60. The van der Waals surface area contributed by atoms with Crippen LogP contribution in [0.15, 0.2) is 59.5 Å². The number of hydrogen-bond acceptors (Lipinski definition) is 4. The molecule has 4 rings (SSSR count). The van der Waals surface area contributed by atoms with Crippen LogP contribution in [0, 0.1) is 11.8 Å². The maximum atomic E-state index is 13.1. The molecular weight excluding hydrogens is 360 g/mol. The van der Waals surface area contributed by atoms with Crippen LogP contribution in [0.5, 0.6) is 0 Å². The van der Waals surface area contributed by atoms with Gasteiger partial charge in [0.05, 0.1) is 10.6 Å². The molecule has 1 amide bonds. The highest BCUT2D eigenvalue weighted by molar-refractivity contribution is 7.90. The molecule has 2 aromatic rings. The van der Waals surface area contributed by atoms with E-state index in [1.807, 2.05) is 4.90 Å². The molecule has 1 saturated carbocycles. The van der Waals surface area contributed by atoms with Gasteiger partial charge < -0.3 is 10.6 Å². The topological polar surface area (TPSA) is 80.5 Å². The smallest absolute Gasteiger partial charge is 0.254 e. The summed E-state index contributed by atoms with van der Waals surface area (Å²) in [6.07, 6.45) is 2.10. The van der Waals surface area contributed by atoms with E-state index in [1.54, 1.807) is 54.6 Å². The van der Waals surface area contributed by atoms with Crippen molar-refractivity contribution in [2.75, 3.05) is 13.1 Å². The van der Waals surface area contributed by atoms with Gasteiger partial charge in [0.25, 0.3) is 5.91 Å². The minimum atomic E-state index is -3.51. The van der Waals surface area contributed by atoms with Crippen LogP contribution in [0.1, 0.15) is 28.8 Å². The van der Waals surface area contributed by atoms with Crippen LogP contribution >= 0.6 is 0 Å². The molecule has 1 aliphatic carbocycles. The summed E-state index contributed by atoms with van der Waals surface area (Å²) in [7, 11) is -3.51. The van der Waals surface area contributed by atoms with Crippen LogP contribution in [0.3, 0.4) is 0 Å². The molecule has 2 aliphatic rings. The molecule has 3 atom stereocenters. The summed E-state index contributed by atoms with van der Waals surface area (Å²) in [4.78, 5) is 15.2. The Hall–Kier alpha value is -2.18. The molecule has 142 valence electrons. The highest BCUT2D eigenvalue weighted by atomic mass is 32.2. The average molecular weight is 385 g/mol. The number of fused-ring (bicyclic) bond motifs is 1. The predicted octanol–water partition coefficient (Wildman–Crippen LogP) is 2.47. The van der Waals surface area contributed by atoms with Gasteiger partial charge in [0.15, 0.2) is 9.84 Å². The van der Waals surface area contributed by atoms with E-state index < -0.39 is 9.84 Å². The summed E-state index contributed by atoms with van der Waals surface area (Å²) in [6, 6.07) is 15.6. The zero-order valence-electron chi connectivity index (χ0n) is 15.1. The number of carbonyl (C=O) groups excluding carboxylic acids is 1. The number of hydrogen-bond donors (Lipinski definition) is 1. The highest BCUT2D eigenvalue weighted by Gasteiger charge is 2.42. The molecule has 0 bridgehead atoms. The highest BCUT2D eigenvalue weighted by Crippen LogP contribution is 2.37. The zero-order chi connectivity index (χ0) is 19.0. The molecule has 5 nitrogen and oxygen atoms in total. The van der Waals surface area contributed by atoms with Crippen molar-refractivity contribution < 1.29 is 13.2 Å². The Bertz CT molecular complexity index is 943. The quantitative estimate of drug-likeness (QED) is 0.878. The van der Waals surface area contributed by atoms with E-state index in [0.29, 0.717) is 29.5 Å². The molecule has 27 heavy (non-hydrogen) atoms. The lowest BCUT2D eigenvalue weighted by atomic mass is 9.98. The van der Waals surface area contributed by atoms with Crippen molar-refractivity contribution in [1.82, 2.24) is 4.90 Å². The Balaban J connectivity index is 1.58. The number of amides is 1. The molecule has 2 N–H and O–H groups in total. The fraction of sp³-hybridized carbons (Fsp3) is 0.381. The number of likely N-dealkylation sites (tertiary alicyclic amines) is 1. The van der Waals surface area contributed by atoms with Gasteiger partial charge in [0, 0.05) is 24.7 Å². The number of carbonyl (C=O) groups is 1. The summed E-state index contributed by atoms with van der Waals surface area (Å²) < 4.78 is 25.5. The fourth-order valence-electron chi connectivity index (χ4n) is 4.41. The van der Waals surface area contributed by atoms with Crippen molar-refractivity contribution in [2.45, 2.75) is 29.5 Å². The number of rotatable bonds is 4. The molecule has 6 heteroatoms. The SMILES string of the molecule is NC1CCC2CN(C(=O)c3ccccc3CS(=O)(=O)c3ccccc3)CC12. The van der Waals surface area contributed by atoms with Crippen LogP contribution < -0.4 is 5.73 Å². The number of nitrogens with two attached hydrogens (primary N) is 1. The molecular formula is C21H24N2O3S. The lowest BCUT2D eigenvalue weighted by Crippen LogP contribution is -2.34. The van der Waals surface area contributed by atoms with Gasteiger partial charge in [-0.3, -0.25) is 4.79 Å². The van der Waals surface area contributed by atoms with Crippen molar-refractivity contribution in [1.29, 1.82) is 0 Å². The lowest BCUT2D eigenvalue weighted by molar-refractivity contribution is 0.0779. The van der Waals surface area contributed by atoms with Crippen molar-refractivity contribution in [3.8, 4) is 0 Å². The van der Waals surface area contributed by atoms with Gasteiger partial charge in [-0.2, -0.15) is 0 Å². The zero-order valence-corrected chi connectivity index (χ0v) is 15.9. The van der Waals surface area contributed by atoms with E-state index in [9.17, 15) is 13.2 Å². The van der Waals surface area contributed by atoms with Gasteiger partial charge >= 0.3 is 0 Å². The maximum absolute atomic E-state index is 13.1. The first-order valence-corrected chi connectivity index (χ1v) is 11.0. The van der Waals surface area contributed by atoms with Crippen LogP contribution in [-0.4, -0.2) is 38.4 Å². The first kappa shape index (κ1) is 18.2. The molecule has 3 unspecified atom stereocenters. The van der Waals surface area contributed by atoms with Crippen molar-refractivity contribution in [2.24, 2.45) is 17.6 Å². The third-order valence-corrected chi connectivity index (χ3v) is 7.58. The maximum Gasteiger partial charge on any atom is 0.254 e. The van der Waals surface area contributed by atoms with Crippen LogP contribution in [0.2, 0.25) is 0 Å². The van der Waals surface area contributed by atoms with Crippen molar-refractivity contribution in [3.05, 3.63) is 65.7 Å². The largest absolute Gasteiger partial charge is 0.338 e. The van der Waals surface area contributed by atoms with Gasteiger partial charge in [-0.25, -0.2) is 8.42 Å².